The van der Waals surface area contributed by atoms with Crippen molar-refractivity contribution >= 4 is 40.7 Å². The van der Waals surface area contributed by atoms with Gasteiger partial charge in [-0.1, -0.05) is 23.7 Å². The number of hydrogen-bond donors (Lipinski definition) is 1. The van der Waals surface area contributed by atoms with E-state index in [1.807, 2.05) is 0 Å². The van der Waals surface area contributed by atoms with Crippen LogP contribution in [0.25, 0.3) is 0 Å². The summed E-state index contributed by atoms with van der Waals surface area (Å²) in [5, 5.41) is 13.4. The minimum atomic E-state index is -0.639. The van der Waals surface area contributed by atoms with Gasteiger partial charge in [0, 0.05) is 24.7 Å². The number of nitrogens with one attached hydrogen (secondary N) is 1. The van der Waals surface area contributed by atoms with E-state index in [0.717, 1.165) is 4.90 Å². The molecule has 0 bridgehead atoms. The zero-order valence-electron chi connectivity index (χ0n) is 14.0. The molecule has 0 fully saturated rings. The van der Waals surface area contributed by atoms with Gasteiger partial charge in [-0.15, -0.1) is 0 Å². The maximum absolute atomic E-state index is 12.2. The van der Waals surface area contributed by atoms with Crippen molar-refractivity contribution in [1.82, 2.24) is 4.90 Å². The Morgan fingerprint density at radius 1 is 1.11 bits per heavy atom. The van der Waals surface area contributed by atoms with Crippen LogP contribution in [0.3, 0.4) is 0 Å². The van der Waals surface area contributed by atoms with Crippen LogP contribution >= 0.6 is 11.6 Å². The van der Waals surface area contributed by atoms with E-state index in [-0.39, 0.29) is 53.5 Å². The smallest absolute Gasteiger partial charge is 0.289 e. The molecule has 3 rings (SSSR count). The summed E-state index contributed by atoms with van der Waals surface area (Å²) in [5.74, 6) is -1.13. The van der Waals surface area contributed by atoms with Crippen LogP contribution in [-0.4, -0.2) is 34.1 Å². The lowest BCUT2D eigenvalue weighted by molar-refractivity contribution is -0.384. The molecule has 27 heavy (non-hydrogen) atoms. The minimum Gasteiger partial charge on any atom is -0.326 e. The molecule has 1 N–H and O–H groups in total. The Kier molecular flexibility index (Phi) is 5.18. The Bertz CT molecular complexity index is 925. The first-order valence-electron chi connectivity index (χ1n) is 8.07. The van der Waals surface area contributed by atoms with Crippen LogP contribution < -0.4 is 5.32 Å². The van der Waals surface area contributed by atoms with Crippen LogP contribution in [-0.2, 0) is 4.79 Å². The van der Waals surface area contributed by atoms with Crippen LogP contribution in [0, 0.1) is 10.1 Å². The number of carbonyl (C=O) groups is 3. The monoisotopic (exact) mass is 387 g/mol. The van der Waals surface area contributed by atoms with Crippen LogP contribution in [0.15, 0.2) is 42.5 Å². The van der Waals surface area contributed by atoms with E-state index in [0.29, 0.717) is 11.1 Å². The molecule has 1 heterocycles. The molecule has 2 aromatic carbocycles. The summed E-state index contributed by atoms with van der Waals surface area (Å²) < 4.78 is 0. The van der Waals surface area contributed by atoms with Gasteiger partial charge in [0.05, 0.1) is 16.1 Å². The number of anilines is 1. The molecule has 0 saturated carbocycles. The molecule has 9 heteroatoms. The number of imide groups is 1. The molecule has 3 amide bonds. The molecule has 0 aliphatic carbocycles. The number of amides is 3. The van der Waals surface area contributed by atoms with E-state index in [4.69, 9.17) is 11.6 Å². The molecule has 0 atom stereocenters. The van der Waals surface area contributed by atoms with Crippen molar-refractivity contribution in [2.24, 2.45) is 0 Å². The molecular weight excluding hydrogens is 374 g/mol. The van der Waals surface area contributed by atoms with Crippen molar-refractivity contribution in [2.75, 3.05) is 11.9 Å². The van der Waals surface area contributed by atoms with E-state index in [1.165, 1.54) is 18.2 Å². The summed E-state index contributed by atoms with van der Waals surface area (Å²) in [5.41, 5.74) is 0.665. The van der Waals surface area contributed by atoms with Crippen molar-refractivity contribution in [3.63, 3.8) is 0 Å². The minimum absolute atomic E-state index is 0.0244. The van der Waals surface area contributed by atoms with E-state index >= 15 is 0 Å². The number of nitro groups is 1. The average Bonchev–Trinajstić information content (AvgIpc) is 2.88. The highest BCUT2D eigenvalue weighted by Crippen LogP contribution is 2.27. The van der Waals surface area contributed by atoms with Gasteiger partial charge in [0.25, 0.3) is 17.5 Å². The van der Waals surface area contributed by atoms with E-state index in [2.05, 4.69) is 5.32 Å². The van der Waals surface area contributed by atoms with Crippen molar-refractivity contribution in [3.8, 4) is 0 Å². The lowest BCUT2D eigenvalue weighted by Gasteiger charge is -2.13. The first-order valence-corrected chi connectivity index (χ1v) is 8.45. The van der Waals surface area contributed by atoms with Crippen LogP contribution in [0.2, 0.25) is 5.02 Å². The summed E-state index contributed by atoms with van der Waals surface area (Å²) in [6.07, 6.45) is 0.316. The van der Waals surface area contributed by atoms with Crippen LogP contribution in [0.5, 0.6) is 0 Å². The molecule has 0 radical (unpaired) electrons. The largest absolute Gasteiger partial charge is 0.326 e. The third kappa shape index (κ3) is 3.80. The fourth-order valence-electron chi connectivity index (χ4n) is 2.79. The first kappa shape index (κ1) is 18.5. The normalized spacial score (nSPS) is 12.9. The second kappa shape index (κ2) is 7.55. The first-order chi connectivity index (χ1) is 12.9. The van der Waals surface area contributed by atoms with Crippen molar-refractivity contribution < 1.29 is 19.3 Å². The molecule has 0 aromatic heterocycles. The van der Waals surface area contributed by atoms with Gasteiger partial charge in [-0.3, -0.25) is 29.4 Å². The number of fused-ring (bicyclic) bond motifs is 1. The summed E-state index contributed by atoms with van der Waals surface area (Å²) >= 11 is 5.73. The van der Waals surface area contributed by atoms with E-state index in [9.17, 15) is 24.5 Å². The predicted octanol–water partition coefficient (Wildman–Crippen LogP) is 3.26. The van der Waals surface area contributed by atoms with Gasteiger partial charge in [0.15, 0.2) is 0 Å². The molecule has 8 nitrogen and oxygen atoms in total. The van der Waals surface area contributed by atoms with E-state index in [1.54, 1.807) is 24.3 Å². The molecule has 0 spiro atoms. The highest BCUT2D eigenvalue weighted by molar-refractivity contribution is 6.32. The zero-order valence-corrected chi connectivity index (χ0v) is 14.7. The second-order valence-corrected chi connectivity index (χ2v) is 6.29. The lowest BCUT2D eigenvalue weighted by Crippen LogP contribution is -2.31. The highest BCUT2D eigenvalue weighted by atomic mass is 35.5. The van der Waals surface area contributed by atoms with Crippen LogP contribution in [0.4, 0.5) is 11.4 Å². The van der Waals surface area contributed by atoms with Gasteiger partial charge in [0.1, 0.15) is 5.02 Å². The molecule has 1 aliphatic heterocycles. The Morgan fingerprint density at radius 2 is 1.74 bits per heavy atom. The number of nitrogens with zero attached hydrogens (tertiary/aromatic N) is 2. The Labute approximate surface area is 158 Å². The SMILES string of the molecule is O=C(CCCN1C(=O)c2ccccc2C1=O)Nc1ccc(Cl)c([N+](=O)[O-])c1. The van der Waals surface area contributed by atoms with Gasteiger partial charge in [-0.05, 0) is 30.7 Å². The highest BCUT2D eigenvalue weighted by Gasteiger charge is 2.34. The fourth-order valence-corrected chi connectivity index (χ4v) is 2.98. The van der Waals surface area contributed by atoms with Gasteiger partial charge in [-0.2, -0.15) is 0 Å². The maximum Gasteiger partial charge on any atom is 0.289 e. The number of rotatable bonds is 6. The number of benzene rings is 2. The molecule has 1 aliphatic rings. The quantitative estimate of drug-likeness (QED) is 0.464. The van der Waals surface area contributed by atoms with Gasteiger partial charge in [-0.25, -0.2) is 0 Å². The number of nitro benzene ring substituents is 1. The summed E-state index contributed by atoms with van der Waals surface area (Å²) in [7, 11) is 0. The average molecular weight is 388 g/mol. The molecule has 2 aromatic rings. The fraction of sp³-hybridized carbons (Fsp3) is 0.167. The van der Waals surface area contributed by atoms with E-state index < -0.39 is 4.92 Å². The van der Waals surface area contributed by atoms with Crippen molar-refractivity contribution in [3.05, 3.63) is 68.7 Å². The molecule has 0 saturated heterocycles. The maximum atomic E-state index is 12.2. The summed E-state index contributed by atoms with van der Waals surface area (Å²) in [4.78, 5) is 47.9. The molecule has 0 unspecified atom stereocenters. The Morgan fingerprint density at radius 3 is 2.33 bits per heavy atom. The Balaban J connectivity index is 1.55. The topological polar surface area (TPSA) is 110 Å². The Hall–Kier alpha value is -3.26. The van der Waals surface area contributed by atoms with Gasteiger partial charge < -0.3 is 5.32 Å². The lowest BCUT2D eigenvalue weighted by atomic mass is 10.1. The predicted molar refractivity (Wildman–Crippen MR) is 97.8 cm³/mol. The number of halogens is 1. The third-order valence-corrected chi connectivity index (χ3v) is 4.41. The van der Waals surface area contributed by atoms with Gasteiger partial charge >= 0.3 is 0 Å². The summed E-state index contributed by atoms with van der Waals surface area (Å²) in [6.45, 7) is 0.112. The third-order valence-electron chi connectivity index (χ3n) is 4.09. The second-order valence-electron chi connectivity index (χ2n) is 5.88. The van der Waals surface area contributed by atoms with Crippen LogP contribution in [0.1, 0.15) is 33.6 Å². The van der Waals surface area contributed by atoms with Gasteiger partial charge in [0.2, 0.25) is 5.91 Å². The van der Waals surface area contributed by atoms with Crippen molar-refractivity contribution in [1.29, 1.82) is 0 Å². The zero-order chi connectivity index (χ0) is 19.6. The number of hydrogen-bond acceptors (Lipinski definition) is 5. The number of carbonyl (C=O) groups excluding carboxylic acids is 3. The molecular formula is C18H14ClN3O5. The van der Waals surface area contributed by atoms with Crippen molar-refractivity contribution in [2.45, 2.75) is 12.8 Å². The standard InChI is InChI=1S/C18H14ClN3O5/c19-14-8-7-11(10-15(14)22(26)27)20-16(23)6-3-9-21-17(24)12-4-1-2-5-13(12)18(21)25/h1-2,4-5,7-8,10H,3,6,9H2,(H,20,23). The molecule has 138 valence electrons. The summed E-state index contributed by atoms with van der Waals surface area (Å²) in [6, 6.07) is 10.5.